The van der Waals surface area contributed by atoms with Crippen LogP contribution in [0.5, 0.6) is 0 Å². The Kier molecular flexibility index (Phi) is 2.19. The highest BCUT2D eigenvalue weighted by Gasteiger charge is 2.13. The summed E-state index contributed by atoms with van der Waals surface area (Å²) in [6, 6.07) is 0. The predicted octanol–water partition coefficient (Wildman–Crippen LogP) is 0.412. The van der Waals surface area contributed by atoms with Crippen LogP contribution < -0.4 is 5.32 Å². The first kappa shape index (κ1) is 8.75. The number of nitriles is 1. The van der Waals surface area contributed by atoms with Crippen molar-refractivity contribution in [1.29, 1.82) is 5.26 Å². The van der Waals surface area contributed by atoms with E-state index in [1.54, 1.807) is 0 Å². The van der Waals surface area contributed by atoms with E-state index >= 15 is 0 Å². The second-order valence-electron chi connectivity index (χ2n) is 3.21. The van der Waals surface area contributed by atoms with Crippen LogP contribution in [0, 0.1) is 18.4 Å². The van der Waals surface area contributed by atoms with Crippen LogP contribution >= 0.6 is 0 Å². The first-order chi connectivity index (χ1) is 6.81. The van der Waals surface area contributed by atoms with E-state index in [4.69, 9.17) is 5.26 Å². The van der Waals surface area contributed by atoms with E-state index in [0.717, 1.165) is 30.9 Å². The zero-order chi connectivity index (χ0) is 9.97. The summed E-state index contributed by atoms with van der Waals surface area (Å²) in [5.41, 5.74) is 0.953. The first-order valence-electron chi connectivity index (χ1n) is 4.56. The van der Waals surface area contributed by atoms with Crippen molar-refractivity contribution in [1.82, 2.24) is 14.9 Å². The van der Waals surface area contributed by atoms with E-state index in [9.17, 15) is 0 Å². The van der Waals surface area contributed by atoms with Gasteiger partial charge >= 0.3 is 0 Å². The fourth-order valence-corrected chi connectivity index (χ4v) is 1.56. The quantitative estimate of drug-likeness (QED) is 0.475. The highest BCUT2D eigenvalue weighted by molar-refractivity contribution is 5.84. The highest BCUT2D eigenvalue weighted by Crippen LogP contribution is 2.08. The maximum atomic E-state index is 8.57. The molecule has 0 amide bonds. The van der Waals surface area contributed by atoms with Gasteiger partial charge in [-0.15, -0.1) is 0 Å². The Balaban J connectivity index is 2.43. The van der Waals surface area contributed by atoms with Gasteiger partial charge in [0.25, 0.3) is 0 Å². The minimum atomic E-state index is 0.584. The third kappa shape index (κ3) is 1.46. The molecule has 5 nitrogen and oxygen atoms in total. The summed E-state index contributed by atoms with van der Waals surface area (Å²) in [4.78, 5) is 8.65. The molecule has 2 rings (SSSR count). The normalized spacial score (nSPS) is 15.0. The molecule has 0 aromatic carbocycles. The van der Waals surface area contributed by atoms with E-state index in [1.165, 1.54) is 0 Å². The van der Waals surface area contributed by atoms with Gasteiger partial charge in [0.05, 0.1) is 5.69 Å². The van der Waals surface area contributed by atoms with Crippen molar-refractivity contribution in [3.05, 3.63) is 17.7 Å². The lowest BCUT2D eigenvalue weighted by Crippen LogP contribution is -2.26. The lowest BCUT2D eigenvalue weighted by atomic mass is 10.3. The van der Waals surface area contributed by atoms with Crippen LogP contribution in [0.2, 0.25) is 0 Å². The predicted molar refractivity (Wildman–Crippen MR) is 51.7 cm³/mol. The average molecular weight is 189 g/mol. The molecule has 1 aliphatic rings. The summed E-state index contributed by atoms with van der Waals surface area (Å²) in [5, 5.41) is 11.1. The second kappa shape index (κ2) is 3.50. The molecule has 0 aliphatic carbocycles. The Morgan fingerprint density at radius 3 is 3.29 bits per heavy atom. The third-order valence-corrected chi connectivity index (χ3v) is 2.12. The molecule has 1 aromatic heterocycles. The number of aromatic nitrogens is 2. The molecular weight excluding hydrogens is 178 g/mol. The number of imidazole rings is 1. The molecule has 0 bridgehead atoms. The molecule has 0 saturated carbocycles. The van der Waals surface area contributed by atoms with Crippen molar-refractivity contribution in [2.75, 3.05) is 6.54 Å². The van der Waals surface area contributed by atoms with Gasteiger partial charge in [-0.05, 0) is 13.3 Å². The van der Waals surface area contributed by atoms with E-state index in [0.29, 0.717) is 5.96 Å². The summed E-state index contributed by atoms with van der Waals surface area (Å²) in [6.45, 7) is 2.68. The Bertz CT molecular complexity index is 409. The summed E-state index contributed by atoms with van der Waals surface area (Å²) in [7, 11) is 0. The minimum Gasteiger partial charge on any atom is -0.273 e. The minimum absolute atomic E-state index is 0.584. The third-order valence-electron chi connectivity index (χ3n) is 2.12. The Hall–Kier alpha value is -1.83. The lowest BCUT2D eigenvalue weighted by molar-refractivity contribution is 0.803. The van der Waals surface area contributed by atoms with Crippen molar-refractivity contribution in [2.24, 2.45) is 4.99 Å². The molecule has 0 radical (unpaired) electrons. The average Bonchev–Trinajstić information content (AvgIpc) is 2.43. The number of hydrogen-bond acceptors (Lipinski definition) is 4. The van der Waals surface area contributed by atoms with Gasteiger partial charge in [0.1, 0.15) is 5.82 Å². The summed E-state index contributed by atoms with van der Waals surface area (Å²) < 4.78 is 1.85. The van der Waals surface area contributed by atoms with Crippen molar-refractivity contribution in [2.45, 2.75) is 19.8 Å². The number of nitrogens with one attached hydrogen (secondary N) is 1. The van der Waals surface area contributed by atoms with Gasteiger partial charge in [0.2, 0.25) is 5.96 Å². The van der Waals surface area contributed by atoms with Gasteiger partial charge in [-0.3, -0.25) is 14.9 Å². The smallest absolute Gasteiger partial charge is 0.217 e. The highest BCUT2D eigenvalue weighted by atomic mass is 15.2. The molecule has 2 heterocycles. The molecule has 72 valence electrons. The number of nitrogens with zero attached hydrogens (tertiary/aromatic N) is 4. The molecule has 1 N–H and O–H groups in total. The topological polar surface area (TPSA) is 66.0 Å². The van der Waals surface area contributed by atoms with E-state index in [-0.39, 0.29) is 0 Å². The van der Waals surface area contributed by atoms with Gasteiger partial charge in [0, 0.05) is 19.2 Å². The Labute approximate surface area is 82.1 Å². The SMILES string of the molecule is Cc1cn2c(n1)CCCN=C2NC#N. The zero-order valence-electron chi connectivity index (χ0n) is 7.99. The molecule has 1 aromatic rings. The molecule has 0 spiro atoms. The molecule has 14 heavy (non-hydrogen) atoms. The maximum absolute atomic E-state index is 8.57. The van der Waals surface area contributed by atoms with Crippen molar-refractivity contribution in [3.8, 4) is 6.19 Å². The first-order valence-corrected chi connectivity index (χ1v) is 4.56. The van der Waals surface area contributed by atoms with Crippen LogP contribution in [0.3, 0.4) is 0 Å². The van der Waals surface area contributed by atoms with Gasteiger partial charge in [-0.25, -0.2) is 4.98 Å². The Morgan fingerprint density at radius 1 is 1.64 bits per heavy atom. The monoisotopic (exact) mass is 189 g/mol. The number of fused-ring (bicyclic) bond motifs is 1. The van der Waals surface area contributed by atoms with Crippen molar-refractivity contribution < 1.29 is 0 Å². The van der Waals surface area contributed by atoms with E-state index in [1.807, 2.05) is 23.9 Å². The van der Waals surface area contributed by atoms with Crippen LogP contribution in [-0.2, 0) is 6.42 Å². The van der Waals surface area contributed by atoms with Crippen molar-refractivity contribution >= 4 is 5.96 Å². The maximum Gasteiger partial charge on any atom is 0.217 e. The fourth-order valence-electron chi connectivity index (χ4n) is 1.56. The number of aryl methyl sites for hydroxylation is 2. The lowest BCUT2D eigenvalue weighted by Gasteiger charge is -2.04. The standard InChI is InChI=1S/C9H11N5/c1-7-5-14-8(13-7)3-2-4-11-9(14)12-6-10/h5H,2-4H2,1H3,(H,11,12). The van der Waals surface area contributed by atoms with Gasteiger partial charge in [-0.2, -0.15) is 5.26 Å². The van der Waals surface area contributed by atoms with Crippen LogP contribution in [0.4, 0.5) is 0 Å². The largest absolute Gasteiger partial charge is 0.273 e. The van der Waals surface area contributed by atoms with Crippen LogP contribution in [0.1, 0.15) is 17.9 Å². The van der Waals surface area contributed by atoms with Crippen LogP contribution in [0.15, 0.2) is 11.2 Å². The Morgan fingerprint density at radius 2 is 2.50 bits per heavy atom. The van der Waals surface area contributed by atoms with Crippen molar-refractivity contribution in [3.63, 3.8) is 0 Å². The van der Waals surface area contributed by atoms with Gasteiger partial charge < -0.3 is 0 Å². The molecule has 5 heteroatoms. The second-order valence-corrected chi connectivity index (χ2v) is 3.21. The zero-order valence-corrected chi connectivity index (χ0v) is 7.99. The molecule has 0 fully saturated rings. The number of hydrogen-bond donors (Lipinski definition) is 1. The molecule has 1 aliphatic heterocycles. The number of aliphatic imine (C=N–C) groups is 1. The van der Waals surface area contributed by atoms with E-state index < -0.39 is 0 Å². The van der Waals surface area contributed by atoms with Gasteiger partial charge in [0.15, 0.2) is 6.19 Å². The van der Waals surface area contributed by atoms with Gasteiger partial charge in [-0.1, -0.05) is 0 Å². The molecule has 0 atom stereocenters. The summed E-state index contributed by atoms with van der Waals surface area (Å²) in [6.07, 6.45) is 5.67. The summed E-state index contributed by atoms with van der Waals surface area (Å²) in [5.74, 6) is 1.56. The van der Waals surface area contributed by atoms with Crippen LogP contribution in [0.25, 0.3) is 0 Å². The summed E-state index contributed by atoms with van der Waals surface area (Å²) >= 11 is 0. The fraction of sp³-hybridized carbons (Fsp3) is 0.444. The molecular formula is C9H11N5. The number of rotatable bonds is 0. The molecule has 0 saturated heterocycles. The molecule has 0 unspecified atom stereocenters. The van der Waals surface area contributed by atoms with Crippen LogP contribution in [-0.4, -0.2) is 22.1 Å². The van der Waals surface area contributed by atoms with E-state index in [2.05, 4.69) is 15.3 Å².